The van der Waals surface area contributed by atoms with Crippen LogP contribution in [-0.2, 0) is 6.18 Å². The summed E-state index contributed by atoms with van der Waals surface area (Å²) < 4.78 is 37.7. The van der Waals surface area contributed by atoms with Gasteiger partial charge in [0.25, 0.3) is 0 Å². The second-order valence-electron chi connectivity index (χ2n) is 3.11. The largest absolute Gasteiger partial charge is 0.416 e. The molecule has 0 spiro atoms. The third-order valence-corrected chi connectivity index (χ3v) is 2.98. The Labute approximate surface area is 83.0 Å². The van der Waals surface area contributed by atoms with Crippen molar-refractivity contribution in [3.05, 3.63) is 34.7 Å². The number of benzene rings is 1. The normalized spacial score (nSPS) is 12.3. The van der Waals surface area contributed by atoms with Crippen LogP contribution in [-0.4, -0.2) is 0 Å². The molecular weight excluding hydrogens is 209 g/mol. The second-order valence-corrected chi connectivity index (χ2v) is 4.40. The van der Waals surface area contributed by atoms with Gasteiger partial charge < -0.3 is 0 Å². The van der Waals surface area contributed by atoms with Gasteiger partial charge in [-0.05, 0) is 30.5 Å². The van der Waals surface area contributed by atoms with Crippen LogP contribution >= 0.6 is 11.3 Å². The summed E-state index contributed by atoms with van der Waals surface area (Å²) in [4.78, 5) is 1.03. The zero-order valence-electron chi connectivity index (χ0n) is 7.35. The number of hydrogen-bond donors (Lipinski definition) is 0. The van der Waals surface area contributed by atoms with Crippen molar-refractivity contribution >= 4 is 21.4 Å². The highest BCUT2D eigenvalue weighted by Crippen LogP contribution is 2.33. The fourth-order valence-electron chi connectivity index (χ4n) is 1.34. The summed E-state index contributed by atoms with van der Waals surface area (Å²) in [6, 6.07) is 5.73. The summed E-state index contributed by atoms with van der Waals surface area (Å²) in [5.74, 6) is 0. The molecule has 0 aliphatic heterocycles. The van der Waals surface area contributed by atoms with E-state index in [1.165, 1.54) is 23.5 Å². The number of fused-ring (bicyclic) bond motifs is 1. The molecule has 0 nitrogen and oxygen atoms in total. The Bertz CT molecular complexity index is 468. The van der Waals surface area contributed by atoms with Crippen molar-refractivity contribution in [1.82, 2.24) is 0 Å². The summed E-state index contributed by atoms with van der Waals surface area (Å²) >= 11 is 1.38. The smallest absolute Gasteiger partial charge is 0.166 e. The van der Waals surface area contributed by atoms with E-state index in [4.69, 9.17) is 0 Å². The van der Waals surface area contributed by atoms with Gasteiger partial charge in [0.1, 0.15) is 0 Å². The molecular formula is C10H7F3S. The summed E-state index contributed by atoms with van der Waals surface area (Å²) in [5, 5.41) is 0.875. The van der Waals surface area contributed by atoms with Crippen LogP contribution in [0.1, 0.15) is 10.4 Å². The maximum atomic E-state index is 12.3. The van der Waals surface area contributed by atoms with E-state index < -0.39 is 11.7 Å². The molecule has 0 saturated heterocycles. The van der Waals surface area contributed by atoms with Gasteiger partial charge in [0.2, 0.25) is 0 Å². The standard InChI is InChI=1S/C10H7F3S/c1-6-4-7-2-3-8(10(11,12)13)5-9(7)14-6/h2-5H,1H3. The average molecular weight is 216 g/mol. The average Bonchev–Trinajstić information content (AvgIpc) is 2.41. The van der Waals surface area contributed by atoms with Crippen molar-refractivity contribution in [1.29, 1.82) is 0 Å². The number of alkyl halides is 3. The highest BCUT2D eigenvalue weighted by atomic mass is 32.1. The maximum Gasteiger partial charge on any atom is 0.416 e. The molecule has 1 aromatic carbocycles. The molecule has 0 N–H and O–H groups in total. The van der Waals surface area contributed by atoms with Gasteiger partial charge in [0.15, 0.2) is 0 Å². The topological polar surface area (TPSA) is 0 Å². The molecule has 0 fully saturated rings. The van der Waals surface area contributed by atoms with Crippen LogP contribution in [0.5, 0.6) is 0 Å². The van der Waals surface area contributed by atoms with Crippen molar-refractivity contribution in [2.75, 3.05) is 0 Å². The van der Waals surface area contributed by atoms with Gasteiger partial charge in [0, 0.05) is 9.58 Å². The molecule has 0 aliphatic carbocycles. The number of aryl methyl sites for hydroxylation is 1. The van der Waals surface area contributed by atoms with Crippen LogP contribution in [0.25, 0.3) is 10.1 Å². The summed E-state index contributed by atoms with van der Waals surface area (Å²) in [5.41, 5.74) is -0.577. The molecule has 2 rings (SSSR count). The van der Waals surface area contributed by atoms with Crippen molar-refractivity contribution in [2.45, 2.75) is 13.1 Å². The van der Waals surface area contributed by atoms with Crippen LogP contribution < -0.4 is 0 Å². The highest BCUT2D eigenvalue weighted by molar-refractivity contribution is 7.19. The lowest BCUT2D eigenvalue weighted by Crippen LogP contribution is -2.03. The minimum absolute atomic E-state index is 0.577. The lowest BCUT2D eigenvalue weighted by atomic mass is 10.2. The van der Waals surface area contributed by atoms with Crippen LogP contribution in [0.15, 0.2) is 24.3 Å². The van der Waals surface area contributed by atoms with E-state index in [2.05, 4.69) is 0 Å². The quantitative estimate of drug-likeness (QED) is 0.618. The molecule has 0 aliphatic rings. The van der Waals surface area contributed by atoms with E-state index in [0.29, 0.717) is 4.70 Å². The van der Waals surface area contributed by atoms with Crippen molar-refractivity contribution in [2.24, 2.45) is 0 Å². The SMILES string of the molecule is Cc1cc2ccc(C(F)(F)F)cc2s1. The number of halogens is 3. The van der Waals surface area contributed by atoms with E-state index in [1.807, 2.05) is 13.0 Å². The Balaban J connectivity index is 2.62. The van der Waals surface area contributed by atoms with E-state index in [1.54, 1.807) is 0 Å². The molecule has 0 unspecified atom stereocenters. The number of rotatable bonds is 0. The Morgan fingerprint density at radius 1 is 1.14 bits per heavy atom. The van der Waals surface area contributed by atoms with Gasteiger partial charge >= 0.3 is 6.18 Å². The van der Waals surface area contributed by atoms with Crippen LogP contribution in [0.3, 0.4) is 0 Å². The molecule has 0 bridgehead atoms. The maximum absolute atomic E-state index is 12.3. The summed E-state index contributed by atoms with van der Waals surface area (Å²) in [6.45, 7) is 1.89. The van der Waals surface area contributed by atoms with Gasteiger partial charge in [-0.2, -0.15) is 13.2 Å². The predicted molar refractivity (Wildman–Crippen MR) is 51.6 cm³/mol. The fraction of sp³-hybridized carbons (Fsp3) is 0.200. The molecule has 0 atom stereocenters. The molecule has 14 heavy (non-hydrogen) atoms. The summed E-state index contributed by atoms with van der Waals surface area (Å²) in [6.07, 6.45) is -4.24. The van der Waals surface area contributed by atoms with Crippen molar-refractivity contribution in [3.8, 4) is 0 Å². The molecule has 1 aromatic heterocycles. The molecule has 0 saturated carbocycles. The minimum atomic E-state index is -4.24. The zero-order chi connectivity index (χ0) is 10.3. The lowest BCUT2D eigenvalue weighted by molar-refractivity contribution is -0.137. The van der Waals surface area contributed by atoms with Crippen molar-refractivity contribution < 1.29 is 13.2 Å². The zero-order valence-corrected chi connectivity index (χ0v) is 8.17. The van der Waals surface area contributed by atoms with E-state index >= 15 is 0 Å². The Kier molecular flexibility index (Phi) is 2.03. The van der Waals surface area contributed by atoms with Gasteiger partial charge in [-0.1, -0.05) is 6.07 Å². The van der Waals surface area contributed by atoms with E-state index in [0.717, 1.165) is 16.3 Å². The lowest BCUT2D eigenvalue weighted by Gasteiger charge is -2.05. The third-order valence-electron chi connectivity index (χ3n) is 1.97. The molecule has 74 valence electrons. The van der Waals surface area contributed by atoms with Crippen LogP contribution in [0.4, 0.5) is 13.2 Å². The first-order valence-corrected chi connectivity index (χ1v) is 4.86. The van der Waals surface area contributed by atoms with Crippen LogP contribution in [0, 0.1) is 6.92 Å². The molecule has 2 aromatic rings. The third kappa shape index (κ3) is 1.62. The fourth-order valence-corrected chi connectivity index (χ4v) is 2.30. The minimum Gasteiger partial charge on any atom is -0.166 e. The van der Waals surface area contributed by atoms with E-state index in [-0.39, 0.29) is 0 Å². The van der Waals surface area contributed by atoms with Gasteiger partial charge in [-0.3, -0.25) is 0 Å². The molecule has 1 heterocycles. The highest BCUT2D eigenvalue weighted by Gasteiger charge is 2.30. The first-order chi connectivity index (χ1) is 6.47. The van der Waals surface area contributed by atoms with Gasteiger partial charge in [-0.25, -0.2) is 0 Å². The Morgan fingerprint density at radius 2 is 1.86 bits per heavy atom. The first-order valence-electron chi connectivity index (χ1n) is 4.04. The van der Waals surface area contributed by atoms with Gasteiger partial charge in [-0.15, -0.1) is 11.3 Å². The Hall–Kier alpha value is -1.03. The predicted octanol–water partition coefficient (Wildman–Crippen LogP) is 4.23. The molecule has 4 heteroatoms. The molecule has 0 radical (unpaired) electrons. The van der Waals surface area contributed by atoms with Gasteiger partial charge in [0.05, 0.1) is 5.56 Å². The number of hydrogen-bond acceptors (Lipinski definition) is 1. The van der Waals surface area contributed by atoms with Crippen molar-refractivity contribution in [3.63, 3.8) is 0 Å². The Morgan fingerprint density at radius 3 is 2.50 bits per heavy atom. The first kappa shape index (κ1) is 9.52. The number of thiophene rings is 1. The van der Waals surface area contributed by atoms with Crippen LogP contribution in [0.2, 0.25) is 0 Å². The van der Waals surface area contributed by atoms with E-state index in [9.17, 15) is 13.2 Å². The second kappa shape index (κ2) is 2.98. The molecule has 0 amide bonds. The monoisotopic (exact) mass is 216 g/mol. The summed E-state index contributed by atoms with van der Waals surface area (Å²) in [7, 11) is 0.